The van der Waals surface area contributed by atoms with Gasteiger partial charge < -0.3 is 28.4 Å². The minimum Gasteiger partial charge on any atom is -1.00 e. The fourth-order valence-electron chi connectivity index (χ4n) is 2.83. The van der Waals surface area contributed by atoms with E-state index in [2.05, 4.69) is 10.2 Å². The van der Waals surface area contributed by atoms with Crippen molar-refractivity contribution in [3.8, 4) is 0 Å². The second-order valence-corrected chi connectivity index (χ2v) is 6.88. The van der Waals surface area contributed by atoms with Crippen molar-refractivity contribution in [1.82, 2.24) is 4.90 Å². The molecule has 5 nitrogen and oxygen atoms in total. The molecule has 1 aliphatic rings. The summed E-state index contributed by atoms with van der Waals surface area (Å²) in [5.41, 5.74) is 7.97. The number of nitrogens with two attached hydrogens (primary N) is 1. The van der Waals surface area contributed by atoms with E-state index >= 15 is 0 Å². The molecule has 0 atom stereocenters. The summed E-state index contributed by atoms with van der Waals surface area (Å²) in [4.78, 5) is 27.4. The van der Waals surface area contributed by atoms with E-state index in [4.69, 9.17) is 5.73 Å². The van der Waals surface area contributed by atoms with Gasteiger partial charge in [0.05, 0.1) is 12.0 Å². The third kappa shape index (κ3) is 3.95. The molecular weight excluding hydrogens is 346 g/mol. The molecule has 0 saturated heterocycles. The van der Waals surface area contributed by atoms with Gasteiger partial charge in [-0.2, -0.15) is 0 Å². The number of benzene rings is 1. The maximum Gasteiger partial charge on any atom is 0.251 e. The summed E-state index contributed by atoms with van der Waals surface area (Å²) in [5.74, 6) is -0.604. The molecule has 24 heavy (non-hydrogen) atoms. The van der Waals surface area contributed by atoms with Crippen molar-refractivity contribution in [3.63, 3.8) is 0 Å². The predicted molar refractivity (Wildman–Crippen MR) is 91.7 cm³/mol. The molecule has 1 aromatic heterocycles. The number of anilines is 1. The number of rotatable bonds is 4. The predicted octanol–water partition coefficient (Wildman–Crippen LogP) is -0.980. The van der Waals surface area contributed by atoms with Gasteiger partial charge in [-0.25, -0.2) is 0 Å². The number of likely N-dealkylation sites (N-methyl/N-ethyl adjacent to an activating group) is 1. The van der Waals surface area contributed by atoms with Crippen LogP contribution in [-0.4, -0.2) is 30.3 Å². The number of fused-ring (bicyclic) bond motifs is 1. The van der Waals surface area contributed by atoms with E-state index in [0.29, 0.717) is 10.6 Å². The van der Waals surface area contributed by atoms with Crippen LogP contribution in [-0.2, 0) is 24.2 Å². The van der Waals surface area contributed by atoms with Crippen LogP contribution in [0.1, 0.15) is 26.4 Å². The maximum atomic E-state index is 12.3. The minimum absolute atomic E-state index is 0. The summed E-state index contributed by atoms with van der Waals surface area (Å²) in [6.07, 6.45) is 1.07. The number of amides is 2. The van der Waals surface area contributed by atoms with Crippen molar-refractivity contribution in [1.29, 1.82) is 0 Å². The summed E-state index contributed by atoms with van der Waals surface area (Å²) in [7, 11) is 2.04. The zero-order chi connectivity index (χ0) is 16.4. The summed E-state index contributed by atoms with van der Waals surface area (Å²) in [6.45, 7) is 1.68. The number of carbonyl (C=O) groups is 2. The molecule has 2 heterocycles. The van der Waals surface area contributed by atoms with E-state index in [0.717, 1.165) is 35.5 Å². The Labute approximate surface area is 151 Å². The van der Waals surface area contributed by atoms with E-state index < -0.39 is 5.91 Å². The first kappa shape index (κ1) is 18.4. The first-order chi connectivity index (χ1) is 11.0. The van der Waals surface area contributed by atoms with Crippen LogP contribution in [0.5, 0.6) is 0 Å². The van der Waals surface area contributed by atoms with Gasteiger partial charge >= 0.3 is 0 Å². The number of thiophene rings is 1. The smallest absolute Gasteiger partial charge is 0.251 e. The second kappa shape index (κ2) is 7.79. The van der Waals surface area contributed by atoms with Gasteiger partial charge in [-0.1, -0.05) is 30.3 Å². The normalized spacial score (nSPS) is 13.7. The average Bonchev–Trinajstić information content (AvgIpc) is 2.84. The highest BCUT2D eigenvalue weighted by molar-refractivity contribution is 7.17. The number of primary amides is 1. The van der Waals surface area contributed by atoms with Crippen LogP contribution in [0.4, 0.5) is 5.00 Å². The molecule has 1 aliphatic heterocycles. The Morgan fingerprint density at radius 1 is 1.29 bits per heavy atom. The monoisotopic (exact) mass is 364 g/mol. The molecule has 2 amide bonds. The lowest BCUT2D eigenvalue weighted by Crippen LogP contribution is -3.00. The Morgan fingerprint density at radius 2 is 2.00 bits per heavy atom. The van der Waals surface area contributed by atoms with Crippen LogP contribution in [0.3, 0.4) is 0 Å². The van der Waals surface area contributed by atoms with Crippen LogP contribution < -0.4 is 23.5 Å². The van der Waals surface area contributed by atoms with Gasteiger partial charge in [-0.15, -0.1) is 11.3 Å². The van der Waals surface area contributed by atoms with Gasteiger partial charge in [-0.05, 0) is 24.6 Å². The highest BCUT2D eigenvalue weighted by Gasteiger charge is 2.26. The Bertz CT molecular complexity index is 746. The van der Waals surface area contributed by atoms with Gasteiger partial charge in [0.1, 0.15) is 5.00 Å². The number of nitrogens with one attached hydrogen (secondary N) is 1. The van der Waals surface area contributed by atoms with Crippen molar-refractivity contribution < 1.29 is 22.0 Å². The Morgan fingerprint density at radius 3 is 2.67 bits per heavy atom. The van der Waals surface area contributed by atoms with Crippen molar-refractivity contribution in [3.05, 3.63) is 51.9 Å². The van der Waals surface area contributed by atoms with Gasteiger partial charge in [0.2, 0.25) is 5.91 Å². The quantitative estimate of drug-likeness (QED) is 0.732. The summed E-state index contributed by atoms with van der Waals surface area (Å²) < 4.78 is 0. The summed E-state index contributed by atoms with van der Waals surface area (Å²) >= 11 is 1.46. The number of hydrogen-bond acceptors (Lipinski definition) is 4. The van der Waals surface area contributed by atoms with Gasteiger partial charge in [0.25, 0.3) is 5.91 Å². The lowest BCUT2D eigenvalue weighted by Gasteiger charge is -2.22. The molecule has 3 N–H and O–H groups in total. The SMILES string of the molecule is CN1CCc2c(sc(NC(=O)Cc3ccccc3)c2C(N)=O)C1.[Cl-]. The molecule has 0 fully saturated rings. The average molecular weight is 365 g/mol. The van der Waals surface area contributed by atoms with Crippen LogP contribution in [0.25, 0.3) is 0 Å². The molecule has 3 rings (SSSR count). The first-order valence-electron chi connectivity index (χ1n) is 7.51. The zero-order valence-electron chi connectivity index (χ0n) is 13.3. The molecule has 7 heteroatoms. The van der Waals surface area contributed by atoms with Crippen molar-refractivity contribution in [2.45, 2.75) is 19.4 Å². The molecule has 0 spiro atoms. The van der Waals surface area contributed by atoms with Crippen LogP contribution in [0, 0.1) is 0 Å². The lowest BCUT2D eigenvalue weighted by atomic mass is 10.0. The van der Waals surface area contributed by atoms with Crippen LogP contribution in [0.15, 0.2) is 30.3 Å². The molecule has 1 aromatic carbocycles. The highest BCUT2D eigenvalue weighted by atomic mass is 35.5. The molecular formula is C17H19ClN3O2S-. The summed E-state index contributed by atoms with van der Waals surface area (Å²) in [6, 6.07) is 9.52. The topological polar surface area (TPSA) is 75.4 Å². The van der Waals surface area contributed by atoms with E-state index in [-0.39, 0.29) is 24.7 Å². The third-order valence-corrected chi connectivity index (χ3v) is 5.09. The number of nitrogens with zero attached hydrogens (tertiary/aromatic N) is 1. The number of carbonyl (C=O) groups excluding carboxylic acids is 2. The minimum atomic E-state index is -0.470. The molecule has 2 aromatic rings. The Hall–Kier alpha value is -1.89. The molecule has 0 saturated carbocycles. The van der Waals surface area contributed by atoms with Crippen molar-refractivity contribution in [2.24, 2.45) is 5.73 Å². The lowest BCUT2D eigenvalue weighted by molar-refractivity contribution is -0.115. The zero-order valence-corrected chi connectivity index (χ0v) is 14.9. The molecule has 0 aliphatic carbocycles. The number of halogens is 1. The standard InChI is InChI=1S/C17H19N3O2S.ClH/c1-20-8-7-12-13(10-20)23-17(15(12)16(18)22)19-14(21)9-11-5-3-2-4-6-11;/h2-6H,7-10H2,1H3,(H2,18,22)(H,19,21);1H/p-1. The van der Waals surface area contributed by atoms with Gasteiger partial charge in [0, 0.05) is 18.0 Å². The molecule has 0 bridgehead atoms. The number of hydrogen-bond donors (Lipinski definition) is 2. The van der Waals surface area contributed by atoms with Crippen LogP contribution in [0.2, 0.25) is 0 Å². The van der Waals surface area contributed by atoms with Gasteiger partial charge in [-0.3, -0.25) is 9.59 Å². The largest absolute Gasteiger partial charge is 1.00 e. The highest BCUT2D eigenvalue weighted by Crippen LogP contribution is 2.36. The van der Waals surface area contributed by atoms with Crippen molar-refractivity contribution >= 4 is 28.2 Å². The van der Waals surface area contributed by atoms with Crippen molar-refractivity contribution in [2.75, 3.05) is 18.9 Å². The fraction of sp³-hybridized carbons (Fsp3) is 0.294. The Balaban J connectivity index is 0.00000208. The fourth-order valence-corrected chi connectivity index (χ4v) is 4.18. The van der Waals surface area contributed by atoms with E-state index in [1.807, 2.05) is 37.4 Å². The van der Waals surface area contributed by atoms with Crippen LogP contribution >= 0.6 is 11.3 Å². The van der Waals surface area contributed by atoms with Gasteiger partial charge in [0.15, 0.2) is 0 Å². The van der Waals surface area contributed by atoms with E-state index in [9.17, 15) is 9.59 Å². The molecule has 0 radical (unpaired) electrons. The Kier molecular flexibility index (Phi) is 5.99. The maximum absolute atomic E-state index is 12.3. The molecule has 0 unspecified atom stereocenters. The third-order valence-electron chi connectivity index (χ3n) is 3.95. The summed E-state index contributed by atoms with van der Waals surface area (Å²) in [5, 5.41) is 3.45. The van der Waals surface area contributed by atoms with E-state index in [1.54, 1.807) is 0 Å². The first-order valence-corrected chi connectivity index (χ1v) is 8.33. The second-order valence-electron chi connectivity index (χ2n) is 5.77. The molecule has 128 valence electrons. The van der Waals surface area contributed by atoms with E-state index in [1.165, 1.54) is 11.3 Å².